The molecule has 0 bridgehead atoms. The average Bonchev–Trinajstić information content (AvgIpc) is 3.40. The number of hydrogen-bond acceptors (Lipinski definition) is 5. The molecule has 2 aliphatic rings. The van der Waals surface area contributed by atoms with Gasteiger partial charge in [0.1, 0.15) is 11.6 Å². The number of para-hydroxylation sites is 2. The molecule has 0 saturated carbocycles. The van der Waals surface area contributed by atoms with E-state index in [9.17, 15) is 0 Å². The fourth-order valence-corrected chi connectivity index (χ4v) is 4.55. The predicted octanol–water partition coefficient (Wildman–Crippen LogP) is 6.59. The van der Waals surface area contributed by atoms with Crippen molar-refractivity contribution in [3.63, 3.8) is 0 Å². The Balaban J connectivity index is 1.48. The molecule has 3 aromatic rings. The number of rotatable bonds is 8. The lowest BCUT2D eigenvalue weighted by Gasteiger charge is -2.21. The van der Waals surface area contributed by atoms with Gasteiger partial charge in [0.15, 0.2) is 0 Å². The molecule has 34 heavy (non-hydrogen) atoms. The van der Waals surface area contributed by atoms with Gasteiger partial charge in [-0.3, -0.25) is 0 Å². The van der Waals surface area contributed by atoms with Crippen LogP contribution in [0.15, 0.2) is 60.8 Å². The third-order valence-corrected chi connectivity index (χ3v) is 6.52. The molecule has 0 radical (unpaired) electrons. The van der Waals surface area contributed by atoms with Crippen molar-refractivity contribution in [2.24, 2.45) is 5.92 Å². The van der Waals surface area contributed by atoms with Crippen LogP contribution in [0.5, 0.6) is 5.75 Å². The van der Waals surface area contributed by atoms with Crippen LogP contribution < -0.4 is 20.3 Å². The molecule has 1 saturated heterocycles. The van der Waals surface area contributed by atoms with Crippen LogP contribution in [-0.2, 0) is 6.54 Å². The Bertz CT molecular complexity index is 1160. The van der Waals surface area contributed by atoms with Crippen LogP contribution in [0.25, 0.3) is 17.3 Å². The highest BCUT2D eigenvalue weighted by molar-refractivity contribution is 5.76. The minimum Gasteiger partial charge on any atom is -0.491 e. The maximum Gasteiger partial charge on any atom is 0.142 e. The van der Waals surface area contributed by atoms with Crippen molar-refractivity contribution < 1.29 is 4.74 Å². The lowest BCUT2D eigenvalue weighted by molar-refractivity contribution is 0.291. The second kappa shape index (κ2) is 10.2. The highest BCUT2D eigenvalue weighted by atomic mass is 16.5. The van der Waals surface area contributed by atoms with Gasteiger partial charge in [0, 0.05) is 36.4 Å². The summed E-state index contributed by atoms with van der Waals surface area (Å²) < 4.78 is 6.13. The largest absolute Gasteiger partial charge is 0.491 e. The highest BCUT2D eigenvalue weighted by Gasteiger charge is 2.17. The van der Waals surface area contributed by atoms with Gasteiger partial charge in [-0.1, -0.05) is 38.1 Å². The third kappa shape index (κ3) is 5.04. The summed E-state index contributed by atoms with van der Waals surface area (Å²) in [6.45, 7) is 8.15. The summed E-state index contributed by atoms with van der Waals surface area (Å²) in [5.41, 5.74) is 6.70. The van der Waals surface area contributed by atoms with Gasteiger partial charge in [-0.25, -0.2) is 4.98 Å². The van der Waals surface area contributed by atoms with Crippen LogP contribution in [0.2, 0.25) is 0 Å². The Kier molecular flexibility index (Phi) is 6.70. The number of aromatic nitrogens is 1. The molecular weight excluding hydrogens is 420 g/mol. The number of hydrogen-bond donors (Lipinski definition) is 2. The third-order valence-electron chi connectivity index (χ3n) is 6.52. The number of ether oxygens (including phenoxy) is 1. The van der Waals surface area contributed by atoms with E-state index in [-0.39, 0.29) is 0 Å². The van der Waals surface area contributed by atoms with Gasteiger partial charge < -0.3 is 20.3 Å². The number of pyridine rings is 1. The summed E-state index contributed by atoms with van der Waals surface area (Å²) in [6.07, 6.45) is 7.71. The number of fused-ring (bicyclic) bond motifs is 1. The first-order valence-corrected chi connectivity index (χ1v) is 12.5. The van der Waals surface area contributed by atoms with Crippen LogP contribution in [0.4, 0.5) is 17.2 Å². The van der Waals surface area contributed by atoms with Crippen molar-refractivity contribution in [2.75, 3.05) is 29.9 Å². The second-order valence-electron chi connectivity index (χ2n) is 9.53. The molecule has 0 spiro atoms. The molecule has 0 amide bonds. The van der Waals surface area contributed by atoms with E-state index >= 15 is 0 Å². The first-order valence-electron chi connectivity index (χ1n) is 12.5. The van der Waals surface area contributed by atoms with E-state index in [1.54, 1.807) is 0 Å². The van der Waals surface area contributed by atoms with Crippen molar-refractivity contribution in [1.29, 1.82) is 0 Å². The SMILES string of the molecule is CC(C)CCOc1ccccc1Nc1nc(-c2cccc(N3CCCC3)c2)cc2c1CNC=C2. The van der Waals surface area contributed by atoms with Crippen LogP contribution in [0.3, 0.4) is 0 Å². The van der Waals surface area contributed by atoms with Crippen molar-refractivity contribution >= 4 is 23.3 Å². The van der Waals surface area contributed by atoms with Gasteiger partial charge in [0.05, 0.1) is 18.0 Å². The van der Waals surface area contributed by atoms with Crippen LogP contribution in [0.1, 0.15) is 44.2 Å². The number of benzene rings is 2. The molecule has 0 atom stereocenters. The fourth-order valence-electron chi connectivity index (χ4n) is 4.55. The molecule has 2 aliphatic heterocycles. The molecule has 5 heteroatoms. The maximum absolute atomic E-state index is 6.13. The molecule has 0 aliphatic carbocycles. The topological polar surface area (TPSA) is 49.4 Å². The smallest absolute Gasteiger partial charge is 0.142 e. The highest BCUT2D eigenvalue weighted by Crippen LogP contribution is 2.34. The minimum absolute atomic E-state index is 0.611. The summed E-state index contributed by atoms with van der Waals surface area (Å²) in [4.78, 5) is 7.58. The molecular formula is C29H34N4O. The molecule has 5 rings (SSSR count). The van der Waals surface area contributed by atoms with Crippen LogP contribution >= 0.6 is 0 Å². The first kappa shape index (κ1) is 22.3. The maximum atomic E-state index is 6.13. The van der Waals surface area contributed by atoms with Crippen molar-refractivity contribution in [1.82, 2.24) is 10.3 Å². The average molecular weight is 455 g/mol. The van der Waals surface area contributed by atoms with E-state index in [1.807, 2.05) is 24.4 Å². The van der Waals surface area contributed by atoms with E-state index in [4.69, 9.17) is 9.72 Å². The lowest BCUT2D eigenvalue weighted by atomic mass is 10.0. The summed E-state index contributed by atoms with van der Waals surface area (Å²) in [5, 5.41) is 6.93. The number of anilines is 3. The molecule has 2 aromatic carbocycles. The quantitative estimate of drug-likeness (QED) is 0.402. The van der Waals surface area contributed by atoms with Crippen LogP contribution in [0, 0.1) is 5.92 Å². The Labute approximate surface area is 202 Å². The summed E-state index contributed by atoms with van der Waals surface area (Å²) in [7, 11) is 0. The second-order valence-corrected chi connectivity index (χ2v) is 9.53. The monoisotopic (exact) mass is 454 g/mol. The number of nitrogens with one attached hydrogen (secondary N) is 2. The Hall–Kier alpha value is -3.47. The molecule has 0 unspecified atom stereocenters. The minimum atomic E-state index is 0.611. The van der Waals surface area contributed by atoms with Gasteiger partial charge >= 0.3 is 0 Å². The van der Waals surface area contributed by atoms with E-state index in [2.05, 4.69) is 71.9 Å². The fraction of sp³-hybridized carbons (Fsp3) is 0.345. The van der Waals surface area contributed by atoms with E-state index in [0.717, 1.165) is 54.6 Å². The zero-order valence-electron chi connectivity index (χ0n) is 20.2. The van der Waals surface area contributed by atoms with Gasteiger partial charge in [0.2, 0.25) is 0 Å². The number of nitrogens with zero attached hydrogens (tertiary/aromatic N) is 2. The zero-order valence-corrected chi connectivity index (χ0v) is 20.2. The normalized spacial score (nSPS) is 14.7. The Morgan fingerprint density at radius 1 is 1.06 bits per heavy atom. The van der Waals surface area contributed by atoms with E-state index in [1.165, 1.54) is 29.7 Å². The molecule has 176 valence electrons. The molecule has 1 aromatic heterocycles. The molecule has 3 heterocycles. The first-order chi connectivity index (χ1) is 16.7. The summed E-state index contributed by atoms with van der Waals surface area (Å²) in [6, 6.07) is 19.1. The molecule has 2 N–H and O–H groups in total. The molecule has 1 fully saturated rings. The Morgan fingerprint density at radius 3 is 2.76 bits per heavy atom. The van der Waals surface area contributed by atoms with Crippen molar-refractivity contribution in [3.8, 4) is 17.0 Å². The van der Waals surface area contributed by atoms with Crippen molar-refractivity contribution in [2.45, 2.75) is 39.7 Å². The van der Waals surface area contributed by atoms with Gasteiger partial charge in [0.25, 0.3) is 0 Å². The lowest BCUT2D eigenvalue weighted by Crippen LogP contribution is -2.17. The van der Waals surface area contributed by atoms with Crippen molar-refractivity contribution in [3.05, 3.63) is 71.9 Å². The van der Waals surface area contributed by atoms with Gasteiger partial charge in [-0.2, -0.15) is 0 Å². The van der Waals surface area contributed by atoms with E-state index in [0.29, 0.717) is 12.5 Å². The summed E-state index contributed by atoms with van der Waals surface area (Å²) in [5.74, 6) is 2.34. The summed E-state index contributed by atoms with van der Waals surface area (Å²) >= 11 is 0. The standard InChI is InChI=1S/C29H34N4O/c1-21(2)13-17-34-28-11-4-3-10-26(28)31-29-25-20-30-14-12-22(25)19-27(32-29)23-8-7-9-24(18-23)33-15-5-6-16-33/h3-4,7-12,14,18-19,21,30H,5-6,13,15-17,20H2,1-2H3,(H,31,32). The van der Waals surface area contributed by atoms with Gasteiger partial charge in [-0.15, -0.1) is 0 Å². The molecule has 5 nitrogen and oxygen atoms in total. The van der Waals surface area contributed by atoms with Crippen LogP contribution in [-0.4, -0.2) is 24.7 Å². The van der Waals surface area contributed by atoms with Gasteiger partial charge in [-0.05, 0) is 73.4 Å². The van der Waals surface area contributed by atoms with E-state index < -0.39 is 0 Å². The predicted molar refractivity (Wildman–Crippen MR) is 142 cm³/mol. The Morgan fingerprint density at radius 2 is 1.91 bits per heavy atom. The zero-order chi connectivity index (χ0) is 23.3.